The van der Waals surface area contributed by atoms with Gasteiger partial charge in [-0.2, -0.15) is 5.26 Å². The molecule has 6 heteroatoms. The number of hydrogen-bond donors (Lipinski definition) is 0. The number of nitrogens with zero attached hydrogens (tertiary/aromatic N) is 1. The lowest BCUT2D eigenvalue weighted by molar-refractivity contribution is 0.0729. The molecule has 3 rings (SSSR count). The predicted octanol–water partition coefficient (Wildman–Crippen LogP) is 6.29. The highest BCUT2D eigenvalue weighted by Crippen LogP contribution is 2.31. The molecule has 0 atom stereocenters. The summed E-state index contributed by atoms with van der Waals surface area (Å²) in [5.41, 5.74) is 2.19. The summed E-state index contributed by atoms with van der Waals surface area (Å²) in [5.74, 6) is 0.0686. The Hall–Kier alpha value is -3.26. The van der Waals surface area contributed by atoms with Crippen LogP contribution in [0.25, 0.3) is 11.6 Å². The Bertz CT molecular complexity index is 1130. The van der Waals surface area contributed by atoms with E-state index in [2.05, 4.69) is 6.07 Å². The second-order valence-corrected chi connectivity index (χ2v) is 6.86. The van der Waals surface area contributed by atoms with Gasteiger partial charge in [-0.15, -0.1) is 0 Å². The smallest absolute Gasteiger partial charge is 0.343 e. The zero-order valence-corrected chi connectivity index (χ0v) is 16.9. The molecule has 0 aliphatic carbocycles. The molecule has 0 radical (unpaired) electrons. The number of carbonyl (C=O) groups excluding carboxylic acids is 1. The fraction of sp³-hybridized carbons (Fsp3) is 0.0435. The minimum absolute atomic E-state index is 0.260. The average molecular weight is 424 g/mol. The van der Waals surface area contributed by atoms with Crippen molar-refractivity contribution in [3.63, 3.8) is 0 Å². The zero-order chi connectivity index (χ0) is 20.8. The van der Waals surface area contributed by atoms with E-state index in [1.165, 1.54) is 13.2 Å². The second kappa shape index (κ2) is 9.29. The van der Waals surface area contributed by atoms with Crippen molar-refractivity contribution in [3.8, 4) is 17.6 Å². The van der Waals surface area contributed by atoms with Crippen LogP contribution in [0.5, 0.6) is 11.5 Å². The largest absolute Gasteiger partial charge is 0.493 e. The highest BCUT2D eigenvalue weighted by atomic mass is 35.5. The number of ether oxygens (including phenoxy) is 2. The average Bonchev–Trinajstić information content (AvgIpc) is 2.72. The monoisotopic (exact) mass is 423 g/mol. The molecule has 0 aliphatic heterocycles. The third-order valence-electron chi connectivity index (χ3n) is 4.02. The second-order valence-electron chi connectivity index (χ2n) is 5.99. The lowest BCUT2D eigenvalue weighted by Gasteiger charge is -2.10. The van der Waals surface area contributed by atoms with Gasteiger partial charge in [0.05, 0.1) is 24.3 Å². The van der Waals surface area contributed by atoms with Crippen LogP contribution in [0.3, 0.4) is 0 Å². The van der Waals surface area contributed by atoms with Crippen LogP contribution < -0.4 is 9.47 Å². The minimum atomic E-state index is -0.550. The number of halogens is 2. The maximum Gasteiger partial charge on any atom is 0.343 e. The molecule has 29 heavy (non-hydrogen) atoms. The number of benzene rings is 3. The first-order chi connectivity index (χ1) is 14.0. The van der Waals surface area contributed by atoms with Gasteiger partial charge in [0.15, 0.2) is 11.5 Å². The van der Waals surface area contributed by atoms with Crippen LogP contribution in [-0.4, -0.2) is 13.1 Å². The van der Waals surface area contributed by atoms with Crippen LogP contribution in [0, 0.1) is 11.3 Å². The molecular weight excluding hydrogens is 409 g/mol. The topological polar surface area (TPSA) is 59.3 Å². The third-order valence-corrected chi connectivity index (χ3v) is 4.49. The first-order valence-electron chi connectivity index (χ1n) is 8.53. The van der Waals surface area contributed by atoms with E-state index in [-0.39, 0.29) is 5.75 Å². The Morgan fingerprint density at radius 1 is 0.931 bits per heavy atom. The molecule has 4 nitrogen and oxygen atoms in total. The summed E-state index contributed by atoms with van der Waals surface area (Å²) in [7, 11) is 1.47. The van der Waals surface area contributed by atoms with Crippen molar-refractivity contribution >= 4 is 40.8 Å². The standard InChI is InChI=1S/C23H15Cl2NO3/c1-28-22-11-15(10-18(14-26)16-4-2-6-19(24)12-16)8-9-21(22)29-23(27)17-5-3-7-20(25)13-17/h2-13H,1H3/b18-10-. The predicted molar refractivity (Wildman–Crippen MR) is 114 cm³/mol. The van der Waals surface area contributed by atoms with Crippen molar-refractivity contribution in [2.75, 3.05) is 7.11 Å². The highest BCUT2D eigenvalue weighted by Gasteiger charge is 2.13. The molecular formula is C23H15Cl2NO3. The van der Waals surface area contributed by atoms with Gasteiger partial charge in [0.25, 0.3) is 0 Å². The molecule has 3 aromatic carbocycles. The van der Waals surface area contributed by atoms with Crippen molar-refractivity contribution in [2.24, 2.45) is 0 Å². The number of methoxy groups -OCH3 is 1. The zero-order valence-electron chi connectivity index (χ0n) is 15.4. The lowest BCUT2D eigenvalue weighted by atomic mass is 10.0. The number of nitriles is 1. The van der Waals surface area contributed by atoms with Crippen LogP contribution >= 0.6 is 23.2 Å². The van der Waals surface area contributed by atoms with Crippen molar-refractivity contribution < 1.29 is 14.3 Å². The van der Waals surface area contributed by atoms with Crippen LogP contribution in [0.2, 0.25) is 10.0 Å². The van der Waals surface area contributed by atoms with E-state index in [1.807, 2.05) is 0 Å². The fourth-order valence-corrected chi connectivity index (χ4v) is 3.02. The summed E-state index contributed by atoms with van der Waals surface area (Å²) in [6.45, 7) is 0. The van der Waals surface area contributed by atoms with E-state index >= 15 is 0 Å². The third kappa shape index (κ3) is 5.17. The Morgan fingerprint density at radius 2 is 1.59 bits per heavy atom. The Labute approximate surface area is 178 Å². The van der Waals surface area contributed by atoms with Gasteiger partial charge < -0.3 is 9.47 Å². The summed E-state index contributed by atoms with van der Waals surface area (Å²) in [6.07, 6.45) is 1.71. The maximum atomic E-state index is 12.4. The van der Waals surface area contributed by atoms with Crippen LogP contribution in [0.4, 0.5) is 0 Å². The summed E-state index contributed by atoms with van der Waals surface area (Å²) in [4.78, 5) is 12.4. The number of hydrogen-bond acceptors (Lipinski definition) is 4. The number of allylic oxidation sites excluding steroid dienone is 1. The highest BCUT2D eigenvalue weighted by molar-refractivity contribution is 6.31. The summed E-state index contributed by atoms with van der Waals surface area (Å²) in [6, 6.07) is 20.7. The van der Waals surface area contributed by atoms with E-state index in [4.69, 9.17) is 32.7 Å². The molecule has 0 N–H and O–H groups in total. The quantitative estimate of drug-likeness (QED) is 0.209. The van der Waals surface area contributed by atoms with E-state index < -0.39 is 5.97 Å². The Kier molecular flexibility index (Phi) is 6.56. The van der Waals surface area contributed by atoms with Gasteiger partial charge in [0.2, 0.25) is 0 Å². The molecule has 0 unspecified atom stereocenters. The summed E-state index contributed by atoms with van der Waals surface area (Å²) >= 11 is 11.9. The van der Waals surface area contributed by atoms with Crippen molar-refractivity contribution in [1.29, 1.82) is 5.26 Å². The fourth-order valence-electron chi connectivity index (χ4n) is 2.64. The first-order valence-corrected chi connectivity index (χ1v) is 9.29. The molecule has 0 aromatic heterocycles. The van der Waals surface area contributed by atoms with E-state index in [0.29, 0.717) is 38.1 Å². The molecule has 3 aromatic rings. The maximum absolute atomic E-state index is 12.4. The normalized spacial score (nSPS) is 10.9. The molecule has 0 heterocycles. The van der Waals surface area contributed by atoms with Gasteiger partial charge in [-0.3, -0.25) is 0 Å². The van der Waals surface area contributed by atoms with E-state index in [9.17, 15) is 10.1 Å². The van der Waals surface area contributed by atoms with Crippen molar-refractivity contribution in [3.05, 3.63) is 93.5 Å². The van der Waals surface area contributed by atoms with Gasteiger partial charge >= 0.3 is 5.97 Å². The van der Waals surface area contributed by atoms with Crippen LogP contribution in [0.15, 0.2) is 66.7 Å². The molecule has 0 saturated heterocycles. The molecule has 0 spiro atoms. The minimum Gasteiger partial charge on any atom is -0.493 e. The van der Waals surface area contributed by atoms with Gasteiger partial charge in [0.1, 0.15) is 0 Å². The van der Waals surface area contributed by atoms with E-state index in [1.54, 1.807) is 66.7 Å². The molecule has 144 valence electrons. The van der Waals surface area contributed by atoms with Crippen LogP contribution in [-0.2, 0) is 0 Å². The summed E-state index contributed by atoms with van der Waals surface area (Å²) < 4.78 is 10.8. The Morgan fingerprint density at radius 3 is 2.21 bits per heavy atom. The SMILES string of the molecule is COc1cc(/C=C(/C#N)c2cccc(Cl)c2)ccc1OC(=O)c1cccc(Cl)c1. The van der Waals surface area contributed by atoms with Crippen LogP contribution in [0.1, 0.15) is 21.5 Å². The summed E-state index contributed by atoms with van der Waals surface area (Å²) in [5, 5.41) is 10.5. The van der Waals surface area contributed by atoms with Gasteiger partial charge in [-0.05, 0) is 59.7 Å². The van der Waals surface area contributed by atoms with Gasteiger partial charge in [0, 0.05) is 10.0 Å². The number of carbonyl (C=O) groups is 1. The number of esters is 1. The van der Waals surface area contributed by atoms with E-state index in [0.717, 1.165) is 0 Å². The number of rotatable bonds is 5. The molecule has 0 saturated carbocycles. The van der Waals surface area contributed by atoms with Gasteiger partial charge in [-0.25, -0.2) is 4.79 Å². The van der Waals surface area contributed by atoms with Crippen molar-refractivity contribution in [2.45, 2.75) is 0 Å². The molecule has 0 bridgehead atoms. The molecule has 0 amide bonds. The lowest BCUT2D eigenvalue weighted by Crippen LogP contribution is -2.09. The molecule has 0 aliphatic rings. The van der Waals surface area contributed by atoms with Gasteiger partial charge in [-0.1, -0.05) is 47.5 Å². The van der Waals surface area contributed by atoms with Crippen molar-refractivity contribution in [1.82, 2.24) is 0 Å². The molecule has 0 fully saturated rings. The first kappa shape index (κ1) is 20.5. The Balaban J connectivity index is 1.88.